The second-order valence-electron chi connectivity index (χ2n) is 5.65. The van der Waals surface area contributed by atoms with E-state index in [2.05, 4.69) is 40.0 Å². The van der Waals surface area contributed by atoms with E-state index in [9.17, 15) is 0 Å². The Morgan fingerprint density at radius 1 is 1.29 bits per heavy atom. The van der Waals surface area contributed by atoms with Crippen LogP contribution in [0, 0.1) is 6.92 Å². The third-order valence-corrected chi connectivity index (χ3v) is 5.76. The molecular weight excluding hydrogens is 346 g/mol. The zero-order valence-electron chi connectivity index (χ0n) is 11.8. The van der Waals surface area contributed by atoms with Gasteiger partial charge >= 0.3 is 0 Å². The first-order valence-corrected chi connectivity index (χ1v) is 8.80. The first-order chi connectivity index (χ1) is 10.1. The lowest BCUT2D eigenvalue weighted by atomic mass is 9.95. The van der Waals surface area contributed by atoms with Gasteiger partial charge in [0.05, 0.1) is 21.6 Å². The highest BCUT2D eigenvalue weighted by Crippen LogP contribution is 2.42. The average Bonchev–Trinajstić information content (AvgIpc) is 2.98. The van der Waals surface area contributed by atoms with Crippen LogP contribution < -0.4 is 5.73 Å². The number of thiophene rings is 1. The monoisotopic (exact) mass is 361 g/mol. The highest BCUT2D eigenvalue weighted by Gasteiger charge is 2.22. The number of aromatic amines is 1. The van der Waals surface area contributed by atoms with Gasteiger partial charge in [0.15, 0.2) is 0 Å². The van der Waals surface area contributed by atoms with Gasteiger partial charge in [0.25, 0.3) is 0 Å². The molecule has 0 bridgehead atoms. The Morgan fingerprint density at radius 2 is 2.10 bits per heavy atom. The number of benzene rings is 1. The maximum absolute atomic E-state index is 6.29. The van der Waals surface area contributed by atoms with Crippen LogP contribution in [0.5, 0.6) is 0 Å². The van der Waals surface area contributed by atoms with Crippen molar-refractivity contribution in [3.63, 3.8) is 0 Å². The lowest BCUT2D eigenvalue weighted by molar-refractivity contribution is 0.698. The lowest BCUT2D eigenvalue weighted by Gasteiger charge is -2.11. The third kappa shape index (κ3) is 2.10. The van der Waals surface area contributed by atoms with Crippen molar-refractivity contribution in [2.45, 2.75) is 32.6 Å². The van der Waals surface area contributed by atoms with Gasteiger partial charge in [-0.25, -0.2) is 4.98 Å². The molecule has 0 saturated carbocycles. The topological polar surface area (TPSA) is 54.7 Å². The van der Waals surface area contributed by atoms with Crippen LogP contribution in [0.1, 0.15) is 28.8 Å². The standard InChI is InChI=1S/C16H16BrN3S/c1-8-6-9(17)7-11-14(8)20-16(19-11)13-10-4-2-3-5-12(10)21-15(13)18/h6-7H,2-5,18H2,1H3,(H,19,20). The van der Waals surface area contributed by atoms with E-state index in [1.165, 1.54) is 28.8 Å². The van der Waals surface area contributed by atoms with E-state index >= 15 is 0 Å². The van der Waals surface area contributed by atoms with E-state index in [1.54, 1.807) is 11.3 Å². The SMILES string of the molecule is Cc1cc(Br)cc2[nH]c(-c3c(N)sc4c3CCCC4)nc12. The number of rotatable bonds is 1. The van der Waals surface area contributed by atoms with E-state index in [-0.39, 0.29) is 0 Å². The Balaban J connectivity index is 1.95. The largest absolute Gasteiger partial charge is 0.390 e. The maximum atomic E-state index is 6.29. The second-order valence-corrected chi connectivity index (χ2v) is 7.71. The fraction of sp³-hybridized carbons (Fsp3) is 0.312. The Morgan fingerprint density at radius 3 is 2.95 bits per heavy atom. The lowest BCUT2D eigenvalue weighted by Crippen LogP contribution is -2.00. The van der Waals surface area contributed by atoms with Crippen molar-refractivity contribution in [2.24, 2.45) is 0 Å². The van der Waals surface area contributed by atoms with Crippen molar-refractivity contribution in [3.8, 4) is 11.4 Å². The third-order valence-electron chi connectivity index (χ3n) is 4.18. The molecule has 0 unspecified atom stereocenters. The predicted octanol–water partition coefficient (Wildman–Crippen LogP) is 4.82. The van der Waals surface area contributed by atoms with Crippen molar-refractivity contribution in [2.75, 3.05) is 5.73 Å². The first kappa shape index (κ1) is 13.3. The van der Waals surface area contributed by atoms with E-state index in [0.29, 0.717) is 0 Å². The normalized spacial score (nSPS) is 14.6. The summed E-state index contributed by atoms with van der Waals surface area (Å²) in [4.78, 5) is 9.72. The maximum Gasteiger partial charge on any atom is 0.141 e. The van der Waals surface area contributed by atoms with Crippen LogP contribution in [0.15, 0.2) is 16.6 Å². The number of H-pyrrole nitrogens is 1. The fourth-order valence-electron chi connectivity index (χ4n) is 3.21. The molecule has 0 fully saturated rings. The van der Waals surface area contributed by atoms with Crippen LogP contribution in [0.2, 0.25) is 0 Å². The second kappa shape index (κ2) is 4.85. The fourth-order valence-corrected chi connectivity index (χ4v) is 4.95. The number of aromatic nitrogens is 2. The van der Waals surface area contributed by atoms with Gasteiger partial charge < -0.3 is 10.7 Å². The number of aryl methyl sites for hydroxylation is 2. The van der Waals surface area contributed by atoms with Gasteiger partial charge in [-0.15, -0.1) is 11.3 Å². The number of nitrogens with zero attached hydrogens (tertiary/aromatic N) is 1. The number of nitrogens with two attached hydrogens (primary N) is 1. The van der Waals surface area contributed by atoms with Gasteiger partial charge in [0.2, 0.25) is 0 Å². The molecule has 0 spiro atoms. The molecule has 0 saturated heterocycles. The summed E-state index contributed by atoms with van der Waals surface area (Å²) >= 11 is 5.28. The van der Waals surface area contributed by atoms with Gasteiger partial charge in [-0.1, -0.05) is 15.9 Å². The molecule has 1 aromatic carbocycles. The van der Waals surface area contributed by atoms with Crippen molar-refractivity contribution in [1.82, 2.24) is 9.97 Å². The van der Waals surface area contributed by atoms with E-state index in [1.807, 2.05) is 0 Å². The van der Waals surface area contributed by atoms with Crippen LogP contribution in [0.3, 0.4) is 0 Å². The van der Waals surface area contributed by atoms with Crippen LogP contribution in [-0.4, -0.2) is 9.97 Å². The van der Waals surface area contributed by atoms with Gasteiger partial charge in [0, 0.05) is 9.35 Å². The first-order valence-electron chi connectivity index (χ1n) is 7.19. The van der Waals surface area contributed by atoms with Crippen molar-refractivity contribution in [3.05, 3.63) is 32.6 Å². The molecule has 3 aromatic rings. The van der Waals surface area contributed by atoms with Crippen LogP contribution >= 0.6 is 27.3 Å². The summed E-state index contributed by atoms with van der Waals surface area (Å²) in [6, 6.07) is 4.17. The molecule has 0 radical (unpaired) electrons. The minimum absolute atomic E-state index is 0.901. The highest BCUT2D eigenvalue weighted by atomic mass is 79.9. The molecule has 1 aliphatic carbocycles. The highest BCUT2D eigenvalue weighted by molar-refractivity contribution is 9.10. The summed E-state index contributed by atoms with van der Waals surface area (Å²) in [5, 5.41) is 0.901. The van der Waals surface area contributed by atoms with Crippen LogP contribution in [0.25, 0.3) is 22.4 Å². The Kier molecular flexibility index (Phi) is 3.08. The van der Waals surface area contributed by atoms with E-state index < -0.39 is 0 Å². The number of halogens is 1. The van der Waals surface area contributed by atoms with Crippen LogP contribution in [0.4, 0.5) is 5.00 Å². The number of nitrogens with one attached hydrogen (secondary N) is 1. The van der Waals surface area contributed by atoms with Crippen molar-refractivity contribution < 1.29 is 0 Å². The number of nitrogen functional groups attached to an aromatic ring is 1. The molecule has 5 heteroatoms. The quantitative estimate of drug-likeness (QED) is 0.652. The Bertz CT molecular complexity index is 847. The van der Waals surface area contributed by atoms with Gasteiger partial charge in [-0.3, -0.25) is 0 Å². The smallest absolute Gasteiger partial charge is 0.141 e. The molecule has 3 nitrogen and oxygen atoms in total. The van der Waals surface area contributed by atoms with Gasteiger partial charge in [0.1, 0.15) is 5.82 Å². The summed E-state index contributed by atoms with van der Waals surface area (Å²) in [5.41, 5.74) is 12.1. The predicted molar refractivity (Wildman–Crippen MR) is 92.9 cm³/mol. The molecule has 3 N–H and O–H groups in total. The molecule has 0 amide bonds. The average molecular weight is 362 g/mol. The molecule has 0 atom stereocenters. The van der Waals surface area contributed by atoms with Crippen LogP contribution in [-0.2, 0) is 12.8 Å². The summed E-state index contributed by atoms with van der Waals surface area (Å²) in [7, 11) is 0. The number of hydrogen-bond donors (Lipinski definition) is 2. The van der Waals surface area contributed by atoms with E-state index in [4.69, 9.17) is 10.7 Å². The zero-order chi connectivity index (χ0) is 14.6. The summed E-state index contributed by atoms with van der Waals surface area (Å²) in [5.74, 6) is 0.920. The van der Waals surface area contributed by atoms with Gasteiger partial charge in [-0.2, -0.15) is 0 Å². The minimum Gasteiger partial charge on any atom is -0.390 e. The van der Waals surface area contributed by atoms with Crippen molar-refractivity contribution >= 4 is 43.3 Å². The molecule has 0 aliphatic heterocycles. The van der Waals surface area contributed by atoms with Crippen molar-refractivity contribution in [1.29, 1.82) is 0 Å². The Hall–Kier alpha value is -1.33. The molecule has 21 heavy (non-hydrogen) atoms. The number of anilines is 1. The molecule has 1 aliphatic rings. The zero-order valence-corrected chi connectivity index (χ0v) is 14.2. The summed E-state index contributed by atoms with van der Waals surface area (Å²) < 4.78 is 1.07. The minimum atomic E-state index is 0.901. The van der Waals surface area contributed by atoms with E-state index in [0.717, 1.165) is 44.7 Å². The molecule has 4 rings (SSSR count). The Labute approximate surface area is 135 Å². The molecular formula is C16H16BrN3S. The number of imidazole rings is 1. The molecule has 2 aromatic heterocycles. The van der Waals surface area contributed by atoms with Gasteiger partial charge in [-0.05, 0) is 55.9 Å². The molecule has 2 heterocycles. The summed E-state index contributed by atoms with van der Waals surface area (Å²) in [6.45, 7) is 2.09. The number of fused-ring (bicyclic) bond motifs is 2. The number of hydrogen-bond acceptors (Lipinski definition) is 3. The molecule has 108 valence electrons. The summed E-state index contributed by atoms with van der Waals surface area (Å²) in [6.07, 6.45) is 4.81.